The zero-order chi connectivity index (χ0) is 11.4. The molecule has 1 aliphatic rings. The number of amides is 1. The molecule has 0 saturated carbocycles. The number of carboxylic acid groups (broad SMARTS) is 1. The summed E-state index contributed by atoms with van der Waals surface area (Å²) in [7, 11) is 0. The summed E-state index contributed by atoms with van der Waals surface area (Å²) in [5, 5.41) is 8.79. The Hall–Kier alpha value is -1.55. The van der Waals surface area contributed by atoms with Gasteiger partial charge in [-0.3, -0.25) is 0 Å². The Kier molecular flexibility index (Phi) is 3.41. The Bertz CT molecular complexity index is 353. The highest BCUT2D eigenvalue weighted by Crippen LogP contribution is 2.14. The molecule has 1 aromatic carbocycles. The van der Waals surface area contributed by atoms with E-state index >= 15 is 0 Å². The van der Waals surface area contributed by atoms with Gasteiger partial charge >= 0.3 is 6.09 Å². The lowest BCUT2D eigenvalue weighted by Crippen LogP contribution is -2.28. The van der Waals surface area contributed by atoms with Crippen LogP contribution in [0.3, 0.4) is 0 Å². The summed E-state index contributed by atoms with van der Waals surface area (Å²) in [5.41, 5.74) is 1.12. The number of likely N-dealkylation sites (tertiary alicyclic amines) is 1. The van der Waals surface area contributed by atoms with Crippen molar-refractivity contribution in [1.29, 1.82) is 0 Å². The molecule has 2 rings (SSSR count). The first-order valence-corrected chi connectivity index (χ1v) is 5.39. The van der Waals surface area contributed by atoms with Crippen molar-refractivity contribution in [2.45, 2.75) is 19.1 Å². The summed E-state index contributed by atoms with van der Waals surface area (Å²) in [6.07, 6.45) is -0.0267. The van der Waals surface area contributed by atoms with E-state index in [9.17, 15) is 4.79 Å². The van der Waals surface area contributed by atoms with E-state index in [1.807, 2.05) is 30.3 Å². The Morgan fingerprint density at radius 2 is 2.19 bits per heavy atom. The van der Waals surface area contributed by atoms with Crippen molar-refractivity contribution < 1.29 is 14.6 Å². The first kappa shape index (κ1) is 11.0. The predicted molar refractivity (Wildman–Crippen MR) is 59.2 cm³/mol. The number of carbonyl (C=O) groups is 1. The van der Waals surface area contributed by atoms with Gasteiger partial charge in [0.1, 0.15) is 0 Å². The van der Waals surface area contributed by atoms with Gasteiger partial charge in [0.15, 0.2) is 0 Å². The predicted octanol–water partition coefficient (Wildman–Crippen LogP) is 1.96. The van der Waals surface area contributed by atoms with Crippen molar-refractivity contribution in [2.75, 3.05) is 13.1 Å². The largest absolute Gasteiger partial charge is 0.465 e. The number of hydrogen-bond donors (Lipinski definition) is 1. The van der Waals surface area contributed by atoms with Crippen LogP contribution in [0.1, 0.15) is 12.0 Å². The third-order valence-electron chi connectivity index (χ3n) is 2.74. The second kappa shape index (κ2) is 4.99. The average Bonchev–Trinajstić information content (AvgIpc) is 2.76. The normalized spacial score (nSPS) is 20.0. The summed E-state index contributed by atoms with van der Waals surface area (Å²) in [5.74, 6) is 0. The Labute approximate surface area is 94.4 Å². The molecule has 0 bridgehead atoms. The van der Waals surface area contributed by atoms with Gasteiger partial charge in [-0.1, -0.05) is 30.3 Å². The van der Waals surface area contributed by atoms with Crippen LogP contribution >= 0.6 is 0 Å². The maximum Gasteiger partial charge on any atom is 0.407 e. The van der Waals surface area contributed by atoms with Crippen LogP contribution in [0.25, 0.3) is 0 Å². The lowest BCUT2D eigenvalue weighted by Gasteiger charge is -2.13. The average molecular weight is 221 g/mol. The Balaban J connectivity index is 1.78. The van der Waals surface area contributed by atoms with E-state index in [1.54, 1.807) is 0 Å². The van der Waals surface area contributed by atoms with Crippen LogP contribution < -0.4 is 0 Å². The number of rotatable bonds is 3. The molecule has 1 aromatic rings. The standard InChI is InChI=1S/C12H15NO3/c14-12(15)13-7-6-11(8-13)16-9-10-4-2-1-3-5-10/h1-5,11H,6-9H2,(H,14,15)/t11-/m0/s1. The van der Waals surface area contributed by atoms with Crippen molar-refractivity contribution >= 4 is 6.09 Å². The number of nitrogens with zero attached hydrogens (tertiary/aromatic N) is 1. The monoisotopic (exact) mass is 221 g/mol. The van der Waals surface area contributed by atoms with Crippen LogP contribution in [0, 0.1) is 0 Å². The number of hydrogen-bond acceptors (Lipinski definition) is 2. The van der Waals surface area contributed by atoms with E-state index in [2.05, 4.69) is 0 Å². The van der Waals surface area contributed by atoms with E-state index in [0.717, 1.165) is 12.0 Å². The maximum atomic E-state index is 10.7. The van der Waals surface area contributed by atoms with Crippen LogP contribution in [0.15, 0.2) is 30.3 Å². The van der Waals surface area contributed by atoms with Gasteiger partial charge in [-0.15, -0.1) is 0 Å². The summed E-state index contributed by atoms with van der Waals surface area (Å²) >= 11 is 0. The van der Waals surface area contributed by atoms with E-state index in [1.165, 1.54) is 4.90 Å². The highest BCUT2D eigenvalue weighted by molar-refractivity contribution is 5.65. The minimum absolute atomic E-state index is 0.0382. The van der Waals surface area contributed by atoms with Gasteiger partial charge in [-0.25, -0.2) is 4.79 Å². The molecule has 1 amide bonds. The first-order chi connectivity index (χ1) is 7.75. The van der Waals surface area contributed by atoms with Gasteiger partial charge in [-0.05, 0) is 12.0 Å². The topological polar surface area (TPSA) is 49.8 Å². The molecule has 1 fully saturated rings. The molecule has 1 saturated heterocycles. The zero-order valence-corrected chi connectivity index (χ0v) is 9.00. The van der Waals surface area contributed by atoms with E-state index in [0.29, 0.717) is 19.7 Å². The Morgan fingerprint density at radius 3 is 2.81 bits per heavy atom. The molecule has 86 valence electrons. The maximum absolute atomic E-state index is 10.7. The third kappa shape index (κ3) is 2.73. The minimum atomic E-state index is -0.856. The first-order valence-electron chi connectivity index (χ1n) is 5.39. The molecular weight excluding hydrogens is 206 g/mol. The fourth-order valence-corrected chi connectivity index (χ4v) is 1.83. The SMILES string of the molecule is O=C(O)N1CC[C@H](OCc2ccccc2)C1. The van der Waals surface area contributed by atoms with E-state index in [4.69, 9.17) is 9.84 Å². The lowest BCUT2D eigenvalue weighted by molar-refractivity contribution is 0.0466. The fourth-order valence-electron chi connectivity index (χ4n) is 1.83. The smallest absolute Gasteiger partial charge is 0.407 e. The molecule has 1 heterocycles. The Morgan fingerprint density at radius 1 is 1.44 bits per heavy atom. The van der Waals surface area contributed by atoms with Crippen molar-refractivity contribution in [1.82, 2.24) is 4.90 Å². The molecule has 0 aliphatic carbocycles. The molecule has 1 N–H and O–H groups in total. The molecular formula is C12H15NO3. The quantitative estimate of drug-likeness (QED) is 0.848. The molecule has 0 spiro atoms. The summed E-state index contributed by atoms with van der Waals surface area (Å²) in [6.45, 7) is 1.62. The van der Waals surface area contributed by atoms with Crippen molar-refractivity contribution in [3.63, 3.8) is 0 Å². The fraction of sp³-hybridized carbons (Fsp3) is 0.417. The highest BCUT2D eigenvalue weighted by Gasteiger charge is 2.26. The summed E-state index contributed by atoms with van der Waals surface area (Å²) < 4.78 is 5.66. The summed E-state index contributed by atoms with van der Waals surface area (Å²) in [6, 6.07) is 9.91. The number of ether oxygens (including phenoxy) is 1. The minimum Gasteiger partial charge on any atom is -0.465 e. The molecule has 16 heavy (non-hydrogen) atoms. The van der Waals surface area contributed by atoms with E-state index < -0.39 is 6.09 Å². The number of benzene rings is 1. The third-order valence-corrected chi connectivity index (χ3v) is 2.74. The van der Waals surface area contributed by atoms with Crippen molar-refractivity contribution in [3.05, 3.63) is 35.9 Å². The molecule has 0 unspecified atom stereocenters. The molecule has 1 atom stereocenters. The van der Waals surface area contributed by atoms with Gasteiger partial charge in [0.05, 0.1) is 19.3 Å². The molecule has 4 nitrogen and oxygen atoms in total. The second-order valence-corrected chi connectivity index (χ2v) is 3.94. The van der Waals surface area contributed by atoms with Crippen LogP contribution in [0.5, 0.6) is 0 Å². The van der Waals surface area contributed by atoms with Crippen LogP contribution in [-0.4, -0.2) is 35.3 Å². The van der Waals surface area contributed by atoms with E-state index in [-0.39, 0.29) is 6.10 Å². The summed E-state index contributed by atoms with van der Waals surface area (Å²) in [4.78, 5) is 12.1. The molecule has 0 radical (unpaired) electrons. The van der Waals surface area contributed by atoms with Gasteiger partial charge < -0.3 is 14.7 Å². The van der Waals surface area contributed by atoms with Crippen LogP contribution in [0.4, 0.5) is 4.79 Å². The lowest BCUT2D eigenvalue weighted by atomic mass is 10.2. The van der Waals surface area contributed by atoms with Crippen molar-refractivity contribution in [2.24, 2.45) is 0 Å². The highest BCUT2D eigenvalue weighted by atomic mass is 16.5. The van der Waals surface area contributed by atoms with Gasteiger partial charge in [-0.2, -0.15) is 0 Å². The van der Waals surface area contributed by atoms with Crippen LogP contribution in [0.2, 0.25) is 0 Å². The molecule has 4 heteroatoms. The van der Waals surface area contributed by atoms with Crippen molar-refractivity contribution in [3.8, 4) is 0 Å². The van der Waals surface area contributed by atoms with Gasteiger partial charge in [0, 0.05) is 6.54 Å². The van der Waals surface area contributed by atoms with Crippen LogP contribution in [-0.2, 0) is 11.3 Å². The van der Waals surface area contributed by atoms with Gasteiger partial charge in [0.2, 0.25) is 0 Å². The second-order valence-electron chi connectivity index (χ2n) is 3.94. The van der Waals surface area contributed by atoms with Gasteiger partial charge in [0.25, 0.3) is 0 Å². The zero-order valence-electron chi connectivity index (χ0n) is 9.00. The molecule has 1 aliphatic heterocycles. The molecule has 0 aromatic heterocycles.